The fraction of sp³-hybridized carbons (Fsp3) is 0.158. The van der Waals surface area contributed by atoms with Crippen LogP contribution in [0.3, 0.4) is 0 Å². The van der Waals surface area contributed by atoms with Crippen LogP contribution in [0.15, 0.2) is 47.0 Å². The first-order valence-electron chi connectivity index (χ1n) is 7.62. The molecule has 0 saturated heterocycles. The molecule has 1 aliphatic carbocycles. The molecule has 1 atom stereocenters. The van der Waals surface area contributed by atoms with Gasteiger partial charge in [0.2, 0.25) is 5.89 Å². The van der Waals surface area contributed by atoms with Crippen molar-refractivity contribution in [1.82, 2.24) is 9.97 Å². The molecule has 4 rings (SSSR count). The van der Waals surface area contributed by atoms with Crippen LogP contribution in [-0.2, 0) is 12.8 Å². The molecule has 0 N–H and O–H groups in total. The summed E-state index contributed by atoms with van der Waals surface area (Å²) in [7, 11) is 0. The van der Waals surface area contributed by atoms with Gasteiger partial charge in [0.1, 0.15) is 11.8 Å². The van der Waals surface area contributed by atoms with Crippen LogP contribution in [0.2, 0.25) is 0 Å². The number of nitriles is 2. The van der Waals surface area contributed by atoms with Crippen molar-refractivity contribution in [3.05, 3.63) is 70.9 Å². The Morgan fingerprint density at radius 3 is 2.79 bits per heavy atom. The summed E-state index contributed by atoms with van der Waals surface area (Å²) in [6, 6.07) is 15.1. The fourth-order valence-electron chi connectivity index (χ4n) is 3.11. The molecule has 114 valence electrons. The molecule has 0 fully saturated rings. The van der Waals surface area contributed by atoms with Gasteiger partial charge in [-0.1, -0.05) is 6.07 Å². The van der Waals surface area contributed by atoms with Crippen LogP contribution in [-0.4, -0.2) is 9.97 Å². The van der Waals surface area contributed by atoms with Crippen molar-refractivity contribution in [2.45, 2.75) is 18.8 Å². The number of fused-ring (bicyclic) bond motifs is 1. The highest BCUT2D eigenvalue weighted by Gasteiger charge is 2.31. The van der Waals surface area contributed by atoms with E-state index in [4.69, 9.17) is 9.68 Å². The van der Waals surface area contributed by atoms with Crippen LogP contribution in [0.1, 0.15) is 34.2 Å². The monoisotopic (exact) mass is 312 g/mol. The fourth-order valence-corrected chi connectivity index (χ4v) is 3.11. The van der Waals surface area contributed by atoms with E-state index in [1.165, 1.54) is 0 Å². The van der Waals surface area contributed by atoms with Gasteiger partial charge in [-0.3, -0.25) is 4.98 Å². The SMILES string of the molecule is N#Cc1cccc(-c2nc3c(o2)CC(c2ncccc2C#N)C3)c1. The topological polar surface area (TPSA) is 86.5 Å². The number of benzene rings is 1. The van der Waals surface area contributed by atoms with Crippen molar-refractivity contribution in [2.24, 2.45) is 0 Å². The maximum absolute atomic E-state index is 9.23. The number of rotatable bonds is 2. The van der Waals surface area contributed by atoms with Crippen LogP contribution in [0.4, 0.5) is 0 Å². The Balaban J connectivity index is 1.63. The zero-order valence-corrected chi connectivity index (χ0v) is 12.7. The molecular formula is C19H12N4O. The van der Waals surface area contributed by atoms with E-state index in [0.717, 1.165) is 22.7 Å². The molecular weight excluding hydrogens is 300 g/mol. The molecule has 24 heavy (non-hydrogen) atoms. The van der Waals surface area contributed by atoms with Crippen molar-refractivity contribution in [2.75, 3.05) is 0 Å². The third-order valence-electron chi connectivity index (χ3n) is 4.23. The van der Waals surface area contributed by atoms with Gasteiger partial charge in [0, 0.05) is 30.5 Å². The lowest BCUT2D eigenvalue weighted by Crippen LogP contribution is -2.04. The van der Waals surface area contributed by atoms with Crippen molar-refractivity contribution < 1.29 is 4.42 Å². The van der Waals surface area contributed by atoms with E-state index in [1.54, 1.807) is 30.5 Å². The van der Waals surface area contributed by atoms with E-state index in [0.29, 0.717) is 29.9 Å². The van der Waals surface area contributed by atoms with Crippen LogP contribution in [0, 0.1) is 22.7 Å². The minimum Gasteiger partial charge on any atom is -0.441 e. The van der Waals surface area contributed by atoms with E-state index >= 15 is 0 Å². The number of pyridine rings is 1. The zero-order valence-electron chi connectivity index (χ0n) is 12.7. The Hall–Kier alpha value is -3.44. The second-order valence-electron chi connectivity index (χ2n) is 5.73. The first-order chi connectivity index (χ1) is 11.8. The number of aromatic nitrogens is 2. The highest BCUT2D eigenvalue weighted by Crippen LogP contribution is 2.36. The normalized spacial score (nSPS) is 15.5. The number of nitrogens with zero attached hydrogens (tertiary/aromatic N) is 4. The molecule has 0 bridgehead atoms. The van der Waals surface area contributed by atoms with Crippen LogP contribution in [0.25, 0.3) is 11.5 Å². The number of hydrogen-bond donors (Lipinski definition) is 0. The van der Waals surface area contributed by atoms with Crippen LogP contribution in [0.5, 0.6) is 0 Å². The average Bonchev–Trinajstić information content (AvgIpc) is 3.20. The zero-order chi connectivity index (χ0) is 16.5. The van der Waals surface area contributed by atoms with Gasteiger partial charge in [0.15, 0.2) is 0 Å². The van der Waals surface area contributed by atoms with Gasteiger partial charge < -0.3 is 4.42 Å². The summed E-state index contributed by atoms with van der Waals surface area (Å²) in [5.74, 6) is 1.51. The van der Waals surface area contributed by atoms with E-state index in [9.17, 15) is 5.26 Å². The molecule has 0 amide bonds. The number of hydrogen-bond acceptors (Lipinski definition) is 5. The molecule has 1 unspecified atom stereocenters. The summed E-state index contributed by atoms with van der Waals surface area (Å²) in [5.41, 5.74) is 3.70. The first-order valence-corrected chi connectivity index (χ1v) is 7.62. The van der Waals surface area contributed by atoms with Crippen molar-refractivity contribution >= 4 is 0 Å². The highest BCUT2D eigenvalue weighted by molar-refractivity contribution is 5.57. The van der Waals surface area contributed by atoms with Crippen LogP contribution >= 0.6 is 0 Å². The van der Waals surface area contributed by atoms with Gasteiger partial charge in [-0.2, -0.15) is 10.5 Å². The smallest absolute Gasteiger partial charge is 0.226 e. The average molecular weight is 312 g/mol. The van der Waals surface area contributed by atoms with Gasteiger partial charge in [-0.05, 0) is 30.3 Å². The summed E-state index contributed by atoms with van der Waals surface area (Å²) in [6.45, 7) is 0. The summed E-state index contributed by atoms with van der Waals surface area (Å²) in [4.78, 5) is 8.95. The lowest BCUT2D eigenvalue weighted by Gasteiger charge is -2.09. The molecule has 5 nitrogen and oxygen atoms in total. The second kappa shape index (κ2) is 5.64. The molecule has 1 aromatic carbocycles. The largest absolute Gasteiger partial charge is 0.441 e. The minimum atomic E-state index is 0.126. The molecule has 5 heteroatoms. The number of oxazole rings is 1. The summed E-state index contributed by atoms with van der Waals surface area (Å²) in [6.07, 6.45) is 3.11. The quantitative estimate of drug-likeness (QED) is 0.724. The Labute approximate surface area is 138 Å². The standard InChI is InChI=1S/C19H12N4O/c20-10-12-3-1-4-13(7-12)19-23-16-8-15(9-17(16)24-19)18-14(11-21)5-2-6-22-18/h1-7,15H,8-9H2. The predicted molar refractivity (Wildman–Crippen MR) is 85.8 cm³/mol. The van der Waals surface area contributed by atoms with Gasteiger partial charge >= 0.3 is 0 Å². The van der Waals surface area contributed by atoms with Crippen LogP contribution < -0.4 is 0 Å². The summed E-state index contributed by atoms with van der Waals surface area (Å²) >= 11 is 0. The van der Waals surface area contributed by atoms with Gasteiger partial charge in [-0.25, -0.2) is 4.98 Å². The third-order valence-corrected chi connectivity index (χ3v) is 4.23. The molecule has 1 aliphatic rings. The van der Waals surface area contributed by atoms with Gasteiger partial charge in [0.25, 0.3) is 0 Å². The molecule has 0 spiro atoms. The second-order valence-corrected chi connectivity index (χ2v) is 5.73. The van der Waals surface area contributed by atoms with E-state index in [2.05, 4.69) is 22.1 Å². The van der Waals surface area contributed by atoms with Gasteiger partial charge in [0.05, 0.1) is 28.6 Å². The summed E-state index contributed by atoms with van der Waals surface area (Å²) < 4.78 is 5.91. The van der Waals surface area contributed by atoms with Crippen molar-refractivity contribution in [1.29, 1.82) is 10.5 Å². The molecule has 3 aromatic rings. The molecule has 0 radical (unpaired) electrons. The Kier molecular flexibility index (Phi) is 3.33. The molecule has 0 saturated carbocycles. The highest BCUT2D eigenvalue weighted by atomic mass is 16.4. The third kappa shape index (κ3) is 2.33. The molecule has 2 heterocycles. The van der Waals surface area contributed by atoms with E-state index < -0.39 is 0 Å². The minimum absolute atomic E-state index is 0.126. The van der Waals surface area contributed by atoms with E-state index in [-0.39, 0.29) is 5.92 Å². The van der Waals surface area contributed by atoms with Crippen molar-refractivity contribution in [3.8, 4) is 23.6 Å². The summed E-state index contributed by atoms with van der Waals surface area (Å²) in [5, 5.41) is 18.2. The molecule has 0 aliphatic heterocycles. The Bertz CT molecular complexity index is 983. The first kappa shape index (κ1) is 14.2. The predicted octanol–water partition coefficient (Wildman–Crippen LogP) is 3.36. The van der Waals surface area contributed by atoms with Crippen molar-refractivity contribution in [3.63, 3.8) is 0 Å². The lowest BCUT2D eigenvalue weighted by atomic mass is 9.98. The lowest BCUT2D eigenvalue weighted by molar-refractivity contribution is 0.509. The maximum Gasteiger partial charge on any atom is 0.226 e. The van der Waals surface area contributed by atoms with Gasteiger partial charge in [-0.15, -0.1) is 0 Å². The maximum atomic E-state index is 9.23. The Morgan fingerprint density at radius 1 is 1.08 bits per heavy atom. The molecule has 2 aromatic heterocycles. The van der Waals surface area contributed by atoms with E-state index in [1.807, 2.05) is 12.1 Å². The Morgan fingerprint density at radius 2 is 2.00 bits per heavy atom.